The summed E-state index contributed by atoms with van der Waals surface area (Å²) in [6, 6.07) is 0.399. The Morgan fingerprint density at radius 1 is 1.35 bits per heavy atom. The number of aromatic nitrogens is 2. The van der Waals surface area contributed by atoms with Gasteiger partial charge in [-0.05, 0) is 27.0 Å². The van der Waals surface area contributed by atoms with Crippen LogP contribution in [-0.2, 0) is 6.54 Å². The number of hydrogen-bond acceptors (Lipinski definition) is 6. The van der Waals surface area contributed by atoms with Crippen LogP contribution in [0.2, 0.25) is 0 Å². The first-order chi connectivity index (χ1) is 12.3. The van der Waals surface area contributed by atoms with Crippen molar-refractivity contribution >= 4 is 22.6 Å². The molecule has 3 rings (SSSR count). The summed E-state index contributed by atoms with van der Waals surface area (Å²) in [5, 5.41) is 0.105. The molecule has 2 aromatic rings. The zero-order valence-corrected chi connectivity index (χ0v) is 15.3. The lowest BCUT2D eigenvalue weighted by Gasteiger charge is -2.33. The van der Waals surface area contributed by atoms with Crippen molar-refractivity contribution in [3.05, 3.63) is 33.9 Å². The smallest absolute Gasteiger partial charge is 0.201 e. The van der Waals surface area contributed by atoms with Crippen molar-refractivity contribution in [1.82, 2.24) is 14.5 Å². The van der Waals surface area contributed by atoms with Gasteiger partial charge in [-0.25, -0.2) is 9.37 Å². The fourth-order valence-corrected chi connectivity index (χ4v) is 3.18. The topological polar surface area (TPSA) is 84.5 Å². The SMILES string of the molecule is CCn1cc(C(=O)[C@@H](C)N)c(=O)c2cc(F)c(N3CCN(C)CC3)nc21. The summed E-state index contributed by atoms with van der Waals surface area (Å²) >= 11 is 0. The van der Waals surface area contributed by atoms with Gasteiger partial charge in [0.2, 0.25) is 5.43 Å². The Morgan fingerprint density at radius 3 is 2.58 bits per heavy atom. The average molecular weight is 361 g/mol. The number of ketones is 1. The molecule has 8 heteroatoms. The number of likely N-dealkylation sites (N-methyl/N-ethyl adjacent to an activating group) is 1. The molecule has 0 saturated carbocycles. The Morgan fingerprint density at radius 2 is 2.00 bits per heavy atom. The van der Waals surface area contributed by atoms with Crippen LogP contribution >= 0.6 is 0 Å². The summed E-state index contributed by atoms with van der Waals surface area (Å²) in [5.74, 6) is -0.756. The van der Waals surface area contributed by atoms with Crippen molar-refractivity contribution in [2.24, 2.45) is 5.73 Å². The second-order valence-corrected chi connectivity index (χ2v) is 6.77. The number of anilines is 1. The minimum absolute atomic E-state index is 0.0251. The van der Waals surface area contributed by atoms with E-state index in [0.717, 1.165) is 13.1 Å². The molecule has 2 aromatic heterocycles. The maximum atomic E-state index is 14.7. The highest BCUT2D eigenvalue weighted by molar-refractivity contribution is 6.01. The Labute approximate surface area is 151 Å². The molecule has 0 bridgehead atoms. The lowest BCUT2D eigenvalue weighted by atomic mass is 10.1. The van der Waals surface area contributed by atoms with E-state index in [9.17, 15) is 14.0 Å². The van der Waals surface area contributed by atoms with Crippen LogP contribution in [0.25, 0.3) is 11.0 Å². The van der Waals surface area contributed by atoms with Crippen LogP contribution in [0.3, 0.4) is 0 Å². The largest absolute Gasteiger partial charge is 0.352 e. The molecule has 0 spiro atoms. The molecule has 0 amide bonds. The number of carbonyl (C=O) groups is 1. The minimum Gasteiger partial charge on any atom is -0.352 e. The molecule has 3 heterocycles. The zero-order valence-electron chi connectivity index (χ0n) is 15.3. The van der Waals surface area contributed by atoms with Gasteiger partial charge in [0, 0.05) is 38.9 Å². The van der Waals surface area contributed by atoms with Gasteiger partial charge < -0.3 is 20.1 Å². The Kier molecular flexibility index (Phi) is 5.06. The lowest BCUT2D eigenvalue weighted by molar-refractivity contribution is 0.0966. The molecule has 0 radical (unpaired) electrons. The van der Waals surface area contributed by atoms with Crippen molar-refractivity contribution in [1.29, 1.82) is 0 Å². The van der Waals surface area contributed by atoms with Gasteiger partial charge in [0.15, 0.2) is 17.4 Å². The summed E-state index contributed by atoms with van der Waals surface area (Å²) in [5.41, 5.74) is 5.47. The van der Waals surface area contributed by atoms with Crippen LogP contribution in [0.4, 0.5) is 10.2 Å². The van der Waals surface area contributed by atoms with E-state index < -0.39 is 23.1 Å². The third-order valence-electron chi connectivity index (χ3n) is 4.81. The number of nitrogens with zero attached hydrogens (tertiary/aromatic N) is 4. The van der Waals surface area contributed by atoms with Crippen molar-refractivity contribution in [3.8, 4) is 0 Å². The summed E-state index contributed by atoms with van der Waals surface area (Å²) in [7, 11) is 2.02. The van der Waals surface area contributed by atoms with Crippen molar-refractivity contribution in [2.45, 2.75) is 26.4 Å². The van der Waals surface area contributed by atoms with Crippen molar-refractivity contribution in [3.63, 3.8) is 0 Å². The van der Waals surface area contributed by atoms with E-state index in [2.05, 4.69) is 9.88 Å². The molecule has 1 saturated heterocycles. The number of pyridine rings is 2. The fourth-order valence-electron chi connectivity index (χ4n) is 3.18. The lowest BCUT2D eigenvalue weighted by Crippen LogP contribution is -2.45. The highest BCUT2D eigenvalue weighted by atomic mass is 19.1. The molecule has 0 aromatic carbocycles. The van der Waals surface area contributed by atoms with Crippen LogP contribution in [0, 0.1) is 5.82 Å². The predicted octanol–water partition coefficient (Wildman–Crippen LogP) is 0.837. The second-order valence-electron chi connectivity index (χ2n) is 6.77. The number of fused-ring (bicyclic) bond motifs is 1. The quantitative estimate of drug-likeness (QED) is 0.813. The number of hydrogen-bond donors (Lipinski definition) is 1. The maximum absolute atomic E-state index is 14.7. The van der Waals surface area contributed by atoms with Crippen LogP contribution in [0.1, 0.15) is 24.2 Å². The number of aryl methyl sites for hydroxylation is 1. The standard InChI is InChI=1S/C18H24FN5O2/c1-4-23-10-13(15(25)11(2)20)16(26)12-9-14(19)18(21-17(12)23)24-7-5-22(3)6-8-24/h9-11H,4-8,20H2,1-3H3/t11-/m1/s1. The summed E-state index contributed by atoms with van der Waals surface area (Å²) in [6.45, 7) is 6.88. The molecule has 0 aliphatic carbocycles. The van der Waals surface area contributed by atoms with E-state index in [-0.39, 0.29) is 16.8 Å². The van der Waals surface area contributed by atoms with E-state index in [1.165, 1.54) is 19.2 Å². The Hall–Kier alpha value is -2.32. The van der Waals surface area contributed by atoms with Crippen LogP contribution in [0.5, 0.6) is 0 Å². The monoisotopic (exact) mass is 361 g/mol. The van der Waals surface area contributed by atoms with Gasteiger partial charge in [0.1, 0.15) is 5.65 Å². The molecular weight excluding hydrogens is 337 g/mol. The van der Waals surface area contributed by atoms with Gasteiger partial charge >= 0.3 is 0 Å². The first-order valence-corrected chi connectivity index (χ1v) is 8.80. The van der Waals surface area contributed by atoms with Gasteiger partial charge in [-0.3, -0.25) is 9.59 Å². The molecule has 0 unspecified atom stereocenters. The summed E-state index contributed by atoms with van der Waals surface area (Å²) < 4.78 is 16.4. The molecule has 7 nitrogen and oxygen atoms in total. The van der Waals surface area contributed by atoms with Crippen LogP contribution < -0.4 is 16.1 Å². The van der Waals surface area contributed by atoms with Gasteiger partial charge in [0.25, 0.3) is 0 Å². The first kappa shape index (κ1) is 18.5. The predicted molar refractivity (Wildman–Crippen MR) is 99.3 cm³/mol. The van der Waals surface area contributed by atoms with Gasteiger partial charge in [0.05, 0.1) is 17.0 Å². The highest BCUT2D eigenvalue weighted by Crippen LogP contribution is 2.22. The molecule has 140 valence electrons. The zero-order chi connectivity index (χ0) is 19.0. The number of piperazine rings is 1. The van der Waals surface area contributed by atoms with Crippen LogP contribution in [-0.4, -0.2) is 59.5 Å². The first-order valence-electron chi connectivity index (χ1n) is 8.80. The number of rotatable bonds is 4. The Bertz CT molecular complexity index is 901. The van der Waals surface area contributed by atoms with E-state index >= 15 is 0 Å². The van der Waals surface area contributed by atoms with E-state index in [4.69, 9.17) is 5.73 Å². The highest BCUT2D eigenvalue weighted by Gasteiger charge is 2.23. The normalized spacial score (nSPS) is 16.9. The number of Topliss-reactive ketones (excluding diaryl/α,β-unsaturated/α-hetero) is 1. The maximum Gasteiger partial charge on any atom is 0.201 e. The third-order valence-corrected chi connectivity index (χ3v) is 4.81. The van der Waals surface area contributed by atoms with E-state index in [1.54, 1.807) is 4.57 Å². The number of halogens is 1. The fraction of sp³-hybridized carbons (Fsp3) is 0.500. The van der Waals surface area contributed by atoms with Crippen molar-refractivity contribution in [2.75, 3.05) is 38.1 Å². The molecule has 26 heavy (non-hydrogen) atoms. The van der Waals surface area contributed by atoms with Gasteiger partial charge in [-0.1, -0.05) is 0 Å². The van der Waals surface area contributed by atoms with E-state index in [1.807, 2.05) is 18.9 Å². The molecule has 1 aliphatic heterocycles. The molecule has 1 fully saturated rings. The molecule has 1 aliphatic rings. The second kappa shape index (κ2) is 7.13. The average Bonchev–Trinajstić information content (AvgIpc) is 2.62. The number of carbonyl (C=O) groups excluding carboxylic acids is 1. The minimum atomic E-state index is -0.798. The third kappa shape index (κ3) is 3.22. The van der Waals surface area contributed by atoms with Crippen molar-refractivity contribution < 1.29 is 9.18 Å². The molecule has 1 atom stereocenters. The molecule has 2 N–H and O–H groups in total. The van der Waals surface area contributed by atoms with Gasteiger partial charge in [-0.15, -0.1) is 0 Å². The van der Waals surface area contributed by atoms with Crippen LogP contribution in [0.15, 0.2) is 17.1 Å². The summed E-state index contributed by atoms with van der Waals surface area (Å²) in [4.78, 5) is 33.5. The molecular formula is C18H24FN5O2. The number of nitrogens with two attached hydrogens (primary N) is 1. The Balaban J connectivity index is 2.17. The summed E-state index contributed by atoms with van der Waals surface area (Å²) in [6.07, 6.45) is 1.48. The van der Waals surface area contributed by atoms with Gasteiger partial charge in [-0.2, -0.15) is 0 Å². The van der Waals surface area contributed by atoms with E-state index in [0.29, 0.717) is 25.3 Å².